The van der Waals surface area contributed by atoms with E-state index in [1.165, 1.54) is 11.1 Å². The zero-order chi connectivity index (χ0) is 14.7. The molecule has 2 heterocycles. The Morgan fingerprint density at radius 3 is 2.81 bits per heavy atom. The zero-order valence-corrected chi connectivity index (χ0v) is 12.0. The van der Waals surface area contributed by atoms with Crippen molar-refractivity contribution < 1.29 is 0 Å². The van der Waals surface area contributed by atoms with Gasteiger partial charge in [0.25, 0.3) is 0 Å². The van der Waals surface area contributed by atoms with Crippen molar-refractivity contribution in [3.05, 3.63) is 60.2 Å². The Kier molecular flexibility index (Phi) is 3.94. The highest BCUT2D eigenvalue weighted by Gasteiger charge is 2.15. The van der Waals surface area contributed by atoms with Gasteiger partial charge in [-0.1, -0.05) is 24.3 Å². The molecule has 21 heavy (non-hydrogen) atoms. The van der Waals surface area contributed by atoms with Gasteiger partial charge in [0.15, 0.2) is 0 Å². The van der Waals surface area contributed by atoms with Crippen LogP contribution in [-0.4, -0.2) is 14.8 Å². The molecule has 1 aromatic carbocycles. The lowest BCUT2D eigenvalue weighted by Crippen LogP contribution is -2.29. The van der Waals surface area contributed by atoms with Crippen molar-refractivity contribution in [2.75, 3.05) is 0 Å². The average Bonchev–Trinajstić information content (AvgIpc) is 2.93. The standard InChI is InChI=1S/C16H19N5/c1-21-13(9-11-19-21)6-7-15(20-17)16-14-5-3-2-4-12(14)8-10-18-16/h2-5,8-11,15,20H,6-7,17H2,1H3. The molecule has 2 aromatic heterocycles. The molecule has 0 spiro atoms. The van der Waals surface area contributed by atoms with Crippen LogP contribution in [0.4, 0.5) is 0 Å². The number of hydrazine groups is 1. The Morgan fingerprint density at radius 1 is 1.19 bits per heavy atom. The quantitative estimate of drug-likeness (QED) is 0.555. The van der Waals surface area contributed by atoms with Crippen LogP contribution in [0, 0.1) is 0 Å². The van der Waals surface area contributed by atoms with Gasteiger partial charge in [0.2, 0.25) is 0 Å². The van der Waals surface area contributed by atoms with Crippen molar-refractivity contribution in [1.29, 1.82) is 0 Å². The molecule has 0 aliphatic rings. The Balaban J connectivity index is 1.86. The SMILES string of the molecule is Cn1nccc1CCC(NN)c1nccc2ccccc12. The summed E-state index contributed by atoms with van der Waals surface area (Å²) in [7, 11) is 1.95. The van der Waals surface area contributed by atoms with Gasteiger partial charge in [-0.15, -0.1) is 0 Å². The largest absolute Gasteiger partial charge is 0.273 e. The molecule has 3 N–H and O–H groups in total. The maximum absolute atomic E-state index is 5.76. The fraction of sp³-hybridized carbons (Fsp3) is 0.250. The third-order valence-electron chi connectivity index (χ3n) is 3.85. The first-order valence-electron chi connectivity index (χ1n) is 7.06. The molecular formula is C16H19N5. The number of benzene rings is 1. The van der Waals surface area contributed by atoms with Crippen molar-refractivity contribution >= 4 is 10.8 Å². The van der Waals surface area contributed by atoms with Gasteiger partial charge >= 0.3 is 0 Å². The second-order valence-corrected chi connectivity index (χ2v) is 5.12. The number of nitrogens with two attached hydrogens (primary N) is 1. The Hall–Kier alpha value is -2.24. The van der Waals surface area contributed by atoms with Crippen LogP contribution in [-0.2, 0) is 13.5 Å². The summed E-state index contributed by atoms with van der Waals surface area (Å²) in [6, 6.07) is 12.3. The Bertz CT molecular complexity index is 729. The second-order valence-electron chi connectivity index (χ2n) is 5.12. The summed E-state index contributed by atoms with van der Waals surface area (Å²) in [4.78, 5) is 4.54. The van der Waals surface area contributed by atoms with Crippen LogP contribution in [0.5, 0.6) is 0 Å². The number of fused-ring (bicyclic) bond motifs is 1. The minimum atomic E-state index is 0.0194. The molecule has 1 atom stereocenters. The molecule has 0 fully saturated rings. The molecule has 108 valence electrons. The van der Waals surface area contributed by atoms with E-state index in [9.17, 15) is 0 Å². The predicted octanol–water partition coefficient (Wildman–Crippen LogP) is 2.11. The highest BCUT2D eigenvalue weighted by molar-refractivity contribution is 5.84. The highest BCUT2D eigenvalue weighted by Crippen LogP contribution is 2.24. The third kappa shape index (κ3) is 2.79. The van der Waals surface area contributed by atoms with E-state index in [4.69, 9.17) is 5.84 Å². The van der Waals surface area contributed by atoms with Gasteiger partial charge in [-0.2, -0.15) is 5.10 Å². The van der Waals surface area contributed by atoms with Gasteiger partial charge in [-0.3, -0.25) is 20.9 Å². The maximum atomic E-state index is 5.76. The van der Waals surface area contributed by atoms with Crippen molar-refractivity contribution in [2.24, 2.45) is 12.9 Å². The molecular weight excluding hydrogens is 262 g/mol. The smallest absolute Gasteiger partial charge is 0.0664 e. The lowest BCUT2D eigenvalue weighted by molar-refractivity contribution is 0.499. The first-order valence-corrected chi connectivity index (χ1v) is 7.06. The number of rotatable bonds is 5. The van der Waals surface area contributed by atoms with Crippen molar-refractivity contribution in [2.45, 2.75) is 18.9 Å². The van der Waals surface area contributed by atoms with Gasteiger partial charge in [0.05, 0.1) is 11.7 Å². The fourth-order valence-corrected chi connectivity index (χ4v) is 2.66. The summed E-state index contributed by atoms with van der Waals surface area (Å²) in [5, 5.41) is 6.52. The third-order valence-corrected chi connectivity index (χ3v) is 3.85. The van der Waals surface area contributed by atoms with E-state index in [-0.39, 0.29) is 6.04 Å². The van der Waals surface area contributed by atoms with E-state index in [1.54, 1.807) is 0 Å². The number of hydrogen-bond acceptors (Lipinski definition) is 4. The summed E-state index contributed by atoms with van der Waals surface area (Å²) in [6.45, 7) is 0. The summed E-state index contributed by atoms with van der Waals surface area (Å²) in [5.41, 5.74) is 5.09. The van der Waals surface area contributed by atoms with E-state index in [1.807, 2.05) is 48.4 Å². The molecule has 3 rings (SSSR count). The average molecular weight is 281 g/mol. The topological polar surface area (TPSA) is 68.8 Å². The van der Waals surface area contributed by atoms with Crippen LogP contribution < -0.4 is 11.3 Å². The summed E-state index contributed by atoms with van der Waals surface area (Å²) < 4.78 is 1.89. The molecule has 0 bridgehead atoms. The van der Waals surface area contributed by atoms with Crippen LogP contribution in [0.25, 0.3) is 10.8 Å². The van der Waals surface area contributed by atoms with Crippen molar-refractivity contribution in [1.82, 2.24) is 20.2 Å². The van der Waals surface area contributed by atoms with Gasteiger partial charge in [0.1, 0.15) is 0 Å². The molecule has 3 aromatic rings. The summed E-state index contributed by atoms with van der Waals surface area (Å²) >= 11 is 0. The molecule has 0 aliphatic heterocycles. The first kappa shape index (κ1) is 13.7. The fourth-order valence-electron chi connectivity index (χ4n) is 2.66. The monoisotopic (exact) mass is 281 g/mol. The first-order chi connectivity index (χ1) is 10.3. The van der Waals surface area contributed by atoms with Crippen LogP contribution in [0.3, 0.4) is 0 Å². The Labute approximate surface area is 123 Å². The number of aryl methyl sites for hydroxylation is 2. The normalized spacial score (nSPS) is 12.7. The minimum Gasteiger partial charge on any atom is -0.273 e. The molecule has 0 saturated carbocycles. The lowest BCUT2D eigenvalue weighted by atomic mass is 10.0. The van der Waals surface area contributed by atoms with Gasteiger partial charge in [-0.05, 0) is 30.4 Å². The summed E-state index contributed by atoms with van der Waals surface area (Å²) in [5.74, 6) is 5.76. The molecule has 0 amide bonds. The van der Waals surface area contributed by atoms with Crippen LogP contribution in [0.2, 0.25) is 0 Å². The van der Waals surface area contributed by atoms with E-state index in [0.29, 0.717) is 0 Å². The number of nitrogens with one attached hydrogen (secondary N) is 1. The van der Waals surface area contributed by atoms with Gasteiger partial charge in [0, 0.05) is 30.5 Å². The van der Waals surface area contributed by atoms with Crippen LogP contribution in [0.15, 0.2) is 48.8 Å². The lowest BCUT2D eigenvalue weighted by Gasteiger charge is -2.17. The van der Waals surface area contributed by atoms with Crippen LogP contribution in [0.1, 0.15) is 23.9 Å². The zero-order valence-electron chi connectivity index (χ0n) is 12.0. The molecule has 0 aliphatic carbocycles. The number of aromatic nitrogens is 3. The maximum Gasteiger partial charge on any atom is 0.0664 e. The minimum absolute atomic E-state index is 0.0194. The van der Waals surface area contributed by atoms with E-state index >= 15 is 0 Å². The highest BCUT2D eigenvalue weighted by atomic mass is 15.3. The number of nitrogens with zero attached hydrogens (tertiary/aromatic N) is 3. The van der Waals surface area contributed by atoms with Crippen molar-refractivity contribution in [3.63, 3.8) is 0 Å². The molecule has 5 heteroatoms. The molecule has 0 saturated heterocycles. The Morgan fingerprint density at radius 2 is 2.05 bits per heavy atom. The van der Waals surface area contributed by atoms with E-state index in [0.717, 1.165) is 23.9 Å². The molecule has 0 radical (unpaired) electrons. The van der Waals surface area contributed by atoms with Crippen molar-refractivity contribution in [3.8, 4) is 0 Å². The van der Waals surface area contributed by atoms with Gasteiger partial charge < -0.3 is 0 Å². The van der Waals surface area contributed by atoms with Crippen LogP contribution >= 0.6 is 0 Å². The molecule has 5 nitrogen and oxygen atoms in total. The van der Waals surface area contributed by atoms with Gasteiger partial charge in [-0.25, -0.2) is 0 Å². The van der Waals surface area contributed by atoms with E-state index in [2.05, 4.69) is 27.6 Å². The predicted molar refractivity (Wildman–Crippen MR) is 83.3 cm³/mol. The van der Waals surface area contributed by atoms with E-state index < -0.39 is 0 Å². The number of pyridine rings is 1. The summed E-state index contributed by atoms with van der Waals surface area (Å²) in [6.07, 6.45) is 5.43. The second kappa shape index (κ2) is 6.03. The molecule has 1 unspecified atom stereocenters. The number of hydrogen-bond donors (Lipinski definition) is 2.